The summed E-state index contributed by atoms with van der Waals surface area (Å²) in [6.07, 6.45) is -5.18. The minimum Gasteiger partial charge on any atom is -0.419 e. The van der Waals surface area contributed by atoms with Gasteiger partial charge in [0.15, 0.2) is 0 Å². The molecule has 1 aliphatic heterocycles. The highest BCUT2D eigenvalue weighted by Crippen LogP contribution is 2.28. The van der Waals surface area contributed by atoms with Gasteiger partial charge < -0.3 is 4.74 Å². The number of fused-ring (bicyclic) bond motifs is 1. The van der Waals surface area contributed by atoms with E-state index in [-0.39, 0.29) is 11.1 Å². The first kappa shape index (κ1) is 12.1. The van der Waals surface area contributed by atoms with Gasteiger partial charge in [-0.1, -0.05) is 6.07 Å². The first-order valence-corrected chi connectivity index (χ1v) is 4.58. The summed E-state index contributed by atoms with van der Waals surface area (Å²) in [7, 11) is 0. The maximum Gasteiger partial charge on any atom is 0.491 e. The Morgan fingerprint density at radius 1 is 1.17 bits per heavy atom. The zero-order valence-corrected chi connectivity index (χ0v) is 8.50. The number of alkyl halides is 3. The first-order chi connectivity index (χ1) is 8.30. The summed E-state index contributed by atoms with van der Waals surface area (Å²) in [4.78, 5) is 33.2. The third-order valence-corrected chi connectivity index (χ3v) is 2.16. The summed E-state index contributed by atoms with van der Waals surface area (Å²) < 4.78 is 40.1. The summed E-state index contributed by atoms with van der Waals surface area (Å²) in [5, 5.41) is 1.88. The van der Waals surface area contributed by atoms with E-state index in [9.17, 15) is 27.6 Å². The Morgan fingerprint density at radius 3 is 2.44 bits per heavy atom. The molecule has 1 aromatic rings. The van der Waals surface area contributed by atoms with Gasteiger partial charge in [-0.25, -0.2) is 4.79 Å². The van der Waals surface area contributed by atoms with Crippen molar-refractivity contribution in [1.82, 2.24) is 5.32 Å². The molecule has 0 saturated carbocycles. The van der Waals surface area contributed by atoms with E-state index in [2.05, 4.69) is 4.74 Å². The molecule has 1 heterocycles. The lowest BCUT2D eigenvalue weighted by Gasteiger charge is -2.08. The standard InChI is InChI=1S/C10H4F3NO4/c11-10(12,13)9(17)18-5-3-1-2-4-6(5)8(16)14-7(4)15/h1-3H,(H,14,15,16). The summed E-state index contributed by atoms with van der Waals surface area (Å²) in [6.45, 7) is 0. The van der Waals surface area contributed by atoms with Crippen molar-refractivity contribution >= 4 is 17.8 Å². The number of hydrogen-bond acceptors (Lipinski definition) is 4. The van der Waals surface area contributed by atoms with E-state index in [1.165, 1.54) is 12.1 Å². The molecule has 0 radical (unpaired) electrons. The predicted octanol–water partition coefficient (Wildman–Crippen LogP) is 1.04. The molecule has 0 aromatic heterocycles. The third kappa shape index (κ3) is 1.92. The minimum atomic E-state index is -5.18. The number of carbonyl (C=O) groups is 3. The fraction of sp³-hybridized carbons (Fsp3) is 0.100. The van der Waals surface area contributed by atoms with Crippen LogP contribution in [0.2, 0.25) is 0 Å². The van der Waals surface area contributed by atoms with Gasteiger partial charge in [-0.15, -0.1) is 0 Å². The number of benzene rings is 1. The number of halogens is 3. The van der Waals surface area contributed by atoms with Crippen LogP contribution in [0.3, 0.4) is 0 Å². The molecule has 8 heteroatoms. The van der Waals surface area contributed by atoms with Crippen LogP contribution in [0.4, 0.5) is 13.2 Å². The zero-order valence-electron chi connectivity index (χ0n) is 8.50. The molecule has 0 atom stereocenters. The van der Waals surface area contributed by atoms with Crippen LogP contribution >= 0.6 is 0 Å². The van der Waals surface area contributed by atoms with Crippen LogP contribution in [0, 0.1) is 0 Å². The van der Waals surface area contributed by atoms with Gasteiger partial charge in [-0.2, -0.15) is 13.2 Å². The lowest BCUT2D eigenvalue weighted by molar-refractivity contribution is -0.189. The van der Waals surface area contributed by atoms with Crippen LogP contribution in [-0.4, -0.2) is 24.0 Å². The van der Waals surface area contributed by atoms with Crippen molar-refractivity contribution < 1.29 is 32.3 Å². The fourth-order valence-electron chi connectivity index (χ4n) is 1.43. The number of hydrogen-bond donors (Lipinski definition) is 1. The first-order valence-electron chi connectivity index (χ1n) is 4.58. The quantitative estimate of drug-likeness (QED) is 0.464. The van der Waals surface area contributed by atoms with Gasteiger partial charge in [0.05, 0.1) is 11.1 Å². The Balaban J connectivity index is 2.40. The van der Waals surface area contributed by atoms with Crippen LogP contribution in [0.25, 0.3) is 0 Å². The van der Waals surface area contributed by atoms with E-state index in [4.69, 9.17) is 0 Å². The largest absolute Gasteiger partial charge is 0.491 e. The van der Waals surface area contributed by atoms with Gasteiger partial charge in [0, 0.05) is 0 Å². The summed E-state index contributed by atoms with van der Waals surface area (Å²) in [5.41, 5.74) is -0.507. The maximum atomic E-state index is 12.0. The van der Waals surface area contributed by atoms with Crippen molar-refractivity contribution in [3.05, 3.63) is 29.3 Å². The smallest absolute Gasteiger partial charge is 0.419 e. The van der Waals surface area contributed by atoms with E-state index >= 15 is 0 Å². The molecule has 0 bridgehead atoms. The highest BCUT2D eigenvalue weighted by molar-refractivity contribution is 6.22. The number of imide groups is 1. The lowest BCUT2D eigenvalue weighted by Crippen LogP contribution is -2.28. The van der Waals surface area contributed by atoms with Crippen molar-refractivity contribution in [2.24, 2.45) is 0 Å². The highest BCUT2D eigenvalue weighted by atomic mass is 19.4. The zero-order chi connectivity index (χ0) is 13.5. The monoisotopic (exact) mass is 259 g/mol. The minimum absolute atomic E-state index is 0.132. The molecule has 5 nitrogen and oxygen atoms in total. The Kier molecular flexibility index (Phi) is 2.57. The maximum absolute atomic E-state index is 12.0. The second-order valence-corrected chi connectivity index (χ2v) is 3.35. The molecule has 2 amide bonds. The van der Waals surface area contributed by atoms with Crippen LogP contribution in [0.15, 0.2) is 18.2 Å². The van der Waals surface area contributed by atoms with E-state index in [1.807, 2.05) is 5.32 Å². The van der Waals surface area contributed by atoms with E-state index < -0.39 is 29.7 Å². The molecule has 1 N–H and O–H groups in total. The van der Waals surface area contributed by atoms with Crippen molar-refractivity contribution in [3.8, 4) is 5.75 Å². The number of ether oxygens (including phenoxy) is 1. The number of rotatable bonds is 1. The van der Waals surface area contributed by atoms with Crippen molar-refractivity contribution in [3.63, 3.8) is 0 Å². The molecule has 94 valence electrons. The Labute approximate surface area is 97.5 Å². The van der Waals surface area contributed by atoms with Crippen LogP contribution in [0.1, 0.15) is 20.7 Å². The van der Waals surface area contributed by atoms with E-state index in [1.54, 1.807) is 0 Å². The summed E-state index contributed by atoms with van der Waals surface area (Å²) in [6, 6.07) is 3.44. The fourth-order valence-corrected chi connectivity index (χ4v) is 1.43. The second kappa shape index (κ2) is 3.83. The number of amides is 2. The molecule has 2 rings (SSSR count). The van der Waals surface area contributed by atoms with Crippen molar-refractivity contribution in [2.45, 2.75) is 6.18 Å². The topological polar surface area (TPSA) is 72.5 Å². The third-order valence-electron chi connectivity index (χ3n) is 2.16. The Bertz CT molecular complexity index is 565. The van der Waals surface area contributed by atoms with Crippen LogP contribution in [0.5, 0.6) is 5.75 Å². The molecule has 1 aromatic carbocycles. The van der Waals surface area contributed by atoms with E-state index in [0.717, 1.165) is 6.07 Å². The van der Waals surface area contributed by atoms with Crippen molar-refractivity contribution in [2.75, 3.05) is 0 Å². The SMILES string of the molecule is O=C1NC(=O)c2c(OC(=O)C(F)(F)F)cccc21. The highest BCUT2D eigenvalue weighted by Gasteiger charge is 2.42. The van der Waals surface area contributed by atoms with Crippen molar-refractivity contribution in [1.29, 1.82) is 0 Å². The molecule has 0 unspecified atom stereocenters. The second-order valence-electron chi connectivity index (χ2n) is 3.35. The van der Waals surface area contributed by atoms with Gasteiger partial charge in [0.1, 0.15) is 5.75 Å². The lowest BCUT2D eigenvalue weighted by atomic mass is 10.1. The van der Waals surface area contributed by atoms with E-state index in [0.29, 0.717) is 0 Å². The molecule has 0 spiro atoms. The van der Waals surface area contributed by atoms with Crippen LogP contribution in [-0.2, 0) is 4.79 Å². The van der Waals surface area contributed by atoms with Gasteiger partial charge >= 0.3 is 12.1 Å². The van der Waals surface area contributed by atoms with Gasteiger partial charge in [0.25, 0.3) is 11.8 Å². The van der Waals surface area contributed by atoms with Crippen LogP contribution < -0.4 is 10.1 Å². The average molecular weight is 259 g/mol. The normalized spacial score (nSPS) is 14.2. The predicted molar refractivity (Wildman–Crippen MR) is 49.9 cm³/mol. The average Bonchev–Trinajstić information content (AvgIpc) is 2.54. The number of nitrogens with one attached hydrogen (secondary N) is 1. The molecule has 0 aliphatic carbocycles. The molecule has 1 aliphatic rings. The molecule has 18 heavy (non-hydrogen) atoms. The summed E-state index contributed by atoms with van der Waals surface area (Å²) in [5.74, 6) is -4.71. The number of carbonyl (C=O) groups excluding carboxylic acids is 3. The summed E-state index contributed by atoms with van der Waals surface area (Å²) >= 11 is 0. The molecule has 0 fully saturated rings. The van der Waals surface area contributed by atoms with Gasteiger partial charge in [-0.3, -0.25) is 14.9 Å². The van der Waals surface area contributed by atoms with Gasteiger partial charge in [0.2, 0.25) is 0 Å². The molecule has 0 saturated heterocycles. The Morgan fingerprint density at radius 2 is 1.83 bits per heavy atom. The number of esters is 1. The molecular formula is C10H4F3NO4. The van der Waals surface area contributed by atoms with Gasteiger partial charge in [-0.05, 0) is 12.1 Å². The molecular weight excluding hydrogens is 255 g/mol. The Hall–Kier alpha value is -2.38.